The van der Waals surface area contributed by atoms with Gasteiger partial charge in [0, 0.05) is 18.7 Å². The summed E-state index contributed by atoms with van der Waals surface area (Å²) in [6.07, 6.45) is 3.37. The predicted molar refractivity (Wildman–Crippen MR) is 109 cm³/mol. The fraction of sp³-hybridized carbons (Fsp3) is 0.409. The van der Waals surface area contributed by atoms with Gasteiger partial charge in [-0.25, -0.2) is 9.37 Å². The molecule has 1 saturated heterocycles. The lowest BCUT2D eigenvalue weighted by Gasteiger charge is -2.29. The van der Waals surface area contributed by atoms with Gasteiger partial charge in [-0.15, -0.1) is 0 Å². The van der Waals surface area contributed by atoms with Crippen molar-refractivity contribution in [3.8, 4) is 11.3 Å². The molecule has 6 nitrogen and oxygen atoms in total. The Morgan fingerprint density at radius 1 is 1.34 bits per heavy atom. The maximum absolute atomic E-state index is 13.3. The minimum absolute atomic E-state index is 0.170. The summed E-state index contributed by atoms with van der Waals surface area (Å²) in [6, 6.07) is 7.73. The van der Waals surface area contributed by atoms with Gasteiger partial charge >= 0.3 is 0 Å². The number of likely N-dealkylation sites (tertiary alicyclic amines) is 1. The van der Waals surface area contributed by atoms with Crippen LogP contribution in [0.25, 0.3) is 22.4 Å². The van der Waals surface area contributed by atoms with Gasteiger partial charge in [0.25, 0.3) is 11.6 Å². The molecule has 1 aromatic carbocycles. The molecule has 0 saturated carbocycles. The van der Waals surface area contributed by atoms with Crippen LogP contribution in [0.2, 0.25) is 0 Å². The van der Waals surface area contributed by atoms with E-state index in [0.717, 1.165) is 19.5 Å². The number of aryl methyl sites for hydroxylation is 1. The Labute approximate surface area is 169 Å². The van der Waals surface area contributed by atoms with E-state index >= 15 is 0 Å². The predicted octanol–water partition coefficient (Wildman–Crippen LogP) is 3.80. The van der Waals surface area contributed by atoms with Gasteiger partial charge in [0.05, 0.1) is 22.3 Å². The van der Waals surface area contributed by atoms with Crippen molar-refractivity contribution in [3.63, 3.8) is 0 Å². The number of hydrogen-bond donors (Lipinski definition) is 1. The third kappa shape index (κ3) is 4.29. The molecule has 1 aliphatic heterocycles. The number of amides is 1. The molecular formula is C22H25FN4O2. The van der Waals surface area contributed by atoms with Gasteiger partial charge in [0.1, 0.15) is 5.82 Å². The molecule has 2 aromatic heterocycles. The van der Waals surface area contributed by atoms with Gasteiger partial charge in [-0.05, 0) is 76.0 Å². The summed E-state index contributed by atoms with van der Waals surface area (Å²) < 4.78 is 18.6. The van der Waals surface area contributed by atoms with E-state index in [1.165, 1.54) is 25.0 Å². The van der Waals surface area contributed by atoms with Gasteiger partial charge in [-0.2, -0.15) is 0 Å². The van der Waals surface area contributed by atoms with E-state index in [1.807, 2.05) is 0 Å². The van der Waals surface area contributed by atoms with Crippen molar-refractivity contribution < 1.29 is 13.7 Å². The summed E-state index contributed by atoms with van der Waals surface area (Å²) >= 11 is 0. The van der Waals surface area contributed by atoms with Crippen molar-refractivity contribution in [2.75, 3.05) is 26.7 Å². The molecule has 0 bridgehead atoms. The normalized spacial score (nSPS) is 17.6. The van der Waals surface area contributed by atoms with Crippen molar-refractivity contribution in [1.82, 2.24) is 20.4 Å². The number of carbonyl (C=O) groups excluding carboxylic acids is 1. The topological polar surface area (TPSA) is 71.3 Å². The van der Waals surface area contributed by atoms with Crippen LogP contribution in [-0.4, -0.2) is 47.6 Å². The van der Waals surface area contributed by atoms with Crippen molar-refractivity contribution in [2.45, 2.75) is 26.2 Å². The summed E-state index contributed by atoms with van der Waals surface area (Å²) in [5.74, 6) is 0.117. The Morgan fingerprint density at radius 3 is 2.90 bits per heavy atom. The first-order valence-electron chi connectivity index (χ1n) is 10.0. The number of carbonyl (C=O) groups is 1. The van der Waals surface area contributed by atoms with Gasteiger partial charge in [0.2, 0.25) is 0 Å². The zero-order valence-corrected chi connectivity index (χ0v) is 16.7. The van der Waals surface area contributed by atoms with Crippen LogP contribution in [0.3, 0.4) is 0 Å². The second kappa shape index (κ2) is 8.29. The number of nitrogens with one attached hydrogen (secondary N) is 1. The van der Waals surface area contributed by atoms with E-state index in [2.05, 4.69) is 27.4 Å². The number of pyridine rings is 1. The second-order valence-corrected chi connectivity index (χ2v) is 7.83. The van der Waals surface area contributed by atoms with Crippen LogP contribution in [0.4, 0.5) is 4.39 Å². The lowest BCUT2D eigenvalue weighted by atomic mass is 9.95. The molecule has 1 unspecified atom stereocenters. The SMILES string of the molecule is Cc1noc2nc(-c3ccc(F)cc3)cc(C(=O)NCCC3CCCN(C)C3)c12. The molecule has 1 fully saturated rings. The summed E-state index contributed by atoms with van der Waals surface area (Å²) in [4.78, 5) is 19.8. The molecule has 0 aliphatic carbocycles. The first-order chi connectivity index (χ1) is 14.0. The van der Waals surface area contributed by atoms with E-state index in [1.54, 1.807) is 25.1 Å². The van der Waals surface area contributed by atoms with Gasteiger partial charge < -0.3 is 14.7 Å². The molecule has 3 heterocycles. The Kier molecular flexibility index (Phi) is 5.58. The van der Waals surface area contributed by atoms with Crippen LogP contribution < -0.4 is 5.32 Å². The van der Waals surface area contributed by atoms with E-state index < -0.39 is 0 Å². The third-order valence-corrected chi connectivity index (χ3v) is 5.56. The highest BCUT2D eigenvalue weighted by atomic mass is 19.1. The van der Waals surface area contributed by atoms with Gasteiger partial charge in [-0.3, -0.25) is 4.79 Å². The minimum atomic E-state index is -0.323. The Hall–Kier alpha value is -2.80. The zero-order valence-electron chi connectivity index (χ0n) is 16.7. The number of aromatic nitrogens is 2. The highest BCUT2D eigenvalue weighted by Crippen LogP contribution is 2.27. The van der Waals surface area contributed by atoms with Crippen LogP contribution in [0.1, 0.15) is 35.3 Å². The van der Waals surface area contributed by atoms with Crippen LogP contribution in [0, 0.1) is 18.7 Å². The third-order valence-electron chi connectivity index (χ3n) is 5.56. The average molecular weight is 396 g/mol. The van der Waals surface area contributed by atoms with Crippen molar-refractivity contribution >= 4 is 17.0 Å². The monoisotopic (exact) mass is 396 g/mol. The van der Waals surface area contributed by atoms with Gasteiger partial charge in [0.15, 0.2) is 0 Å². The second-order valence-electron chi connectivity index (χ2n) is 7.83. The first kappa shape index (κ1) is 19.5. The number of piperidine rings is 1. The van der Waals surface area contributed by atoms with E-state index in [9.17, 15) is 9.18 Å². The van der Waals surface area contributed by atoms with Crippen molar-refractivity contribution in [2.24, 2.45) is 5.92 Å². The molecule has 1 amide bonds. The van der Waals surface area contributed by atoms with Crippen LogP contribution in [0.15, 0.2) is 34.9 Å². The standard InChI is InChI=1S/C22H25FN4O2/c1-14-20-18(21(28)24-10-9-15-4-3-11-27(2)13-15)12-19(25-22(20)29-26-14)16-5-7-17(23)8-6-16/h5-8,12,15H,3-4,9-11,13H2,1-2H3,(H,24,28). The lowest BCUT2D eigenvalue weighted by Crippen LogP contribution is -2.34. The van der Waals surface area contributed by atoms with E-state index in [4.69, 9.17) is 4.52 Å². The summed E-state index contributed by atoms with van der Waals surface area (Å²) in [5.41, 5.74) is 2.67. The van der Waals surface area contributed by atoms with Crippen molar-refractivity contribution in [3.05, 3.63) is 47.4 Å². The molecule has 0 spiro atoms. The lowest BCUT2D eigenvalue weighted by molar-refractivity contribution is 0.0950. The maximum atomic E-state index is 13.3. The van der Waals surface area contributed by atoms with E-state index in [-0.39, 0.29) is 11.7 Å². The minimum Gasteiger partial charge on any atom is -0.352 e. The number of rotatable bonds is 5. The molecule has 1 atom stereocenters. The van der Waals surface area contributed by atoms with Crippen LogP contribution in [-0.2, 0) is 0 Å². The molecule has 3 aromatic rings. The quantitative estimate of drug-likeness (QED) is 0.710. The number of hydrogen-bond acceptors (Lipinski definition) is 5. The molecular weight excluding hydrogens is 371 g/mol. The summed E-state index contributed by atoms with van der Waals surface area (Å²) in [5, 5.41) is 7.63. The summed E-state index contributed by atoms with van der Waals surface area (Å²) in [7, 11) is 2.14. The number of nitrogens with zero attached hydrogens (tertiary/aromatic N) is 3. The highest BCUT2D eigenvalue weighted by molar-refractivity contribution is 6.06. The Morgan fingerprint density at radius 2 is 2.14 bits per heavy atom. The molecule has 0 radical (unpaired) electrons. The Balaban J connectivity index is 1.55. The highest BCUT2D eigenvalue weighted by Gasteiger charge is 2.21. The van der Waals surface area contributed by atoms with Gasteiger partial charge in [-0.1, -0.05) is 5.16 Å². The number of halogens is 1. The molecule has 1 aliphatic rings. The molecule has 7 heteroatoms. The fourth-order valence-electron chi connectivity index (χ4n) is 4.04. The number of fused-ring (bicyclic) bond motifs is 1. The average Bonchev–Trinajstić information content (AvgIpc) is 3.09. The smallest absolute Gasteiger partial charge is 0.259 e. The maximum Gasteiger partial charge on any atom is 0.259 e. The molecule has 4 rings (SSSR count). The largest absolute Gasteiger partial charge is 0.352 e. The Bertz CT molecular complexity index is 1020. The molecule has 152 valence electrons. The molecule has 1 N–H and O–H groups in total. The molecule has 29 heavy (non-hydrogen) atoms. The van der Waals surface area contributed by atoms with E-state index in [0.29, 0.717) is 46.1 Å². The van der Waals surface area contributed by atoms with Crippen molar-refractivity contribution in [1.29, 1.82) is 0 Å². The first-order valence-corrected chi connectivity index (χ1v) is 10.0. The fourth-order valence-corrected chi connectivity index (χ4v) is 4.04. The van der Waals surface area contributed by atoms with Crippen LogP contribution in [0.5, 0.6) is 0 Å². The van der Waals surface area contributed by atoms with Crippen LogP contribution >= 0.6 is 0 Å². The zero-order chi connectivity index (χ0) is 20.4. The number of benzene rings is 1. The summed E-state index contributed by atoms with van der Waals surface area (Å²) in [6.45, 7) is 4.64.